The molecule has 0 bridgehead atoms. The smallest absolute Gasteiger partial charge is 0.0462 e. The van der Waals surface area contributed by atoms with Crippen LogP contribution >= 0.6 is 0 Å². The van der Waals surface area contributed by atoms with Gasteiger partial charge in [-0.1, -0.05) is 200 Å². The van der Waals surface area contributed by atoms with Crippen LogP contribution in [0.1, 0.15) is 22.3 Å². The number of para-hydroxylation sites is 1. The van der Waals surface area contributed by atoms with Crippen molar-refractivity contribution >= 4 is 73.7 Å². The number of hydrogen-bond acceptors (Lipinski definition) is 1. The Balaban J connectivity index is 0.959. The number of nitrogens with zero attached hydrogens (tertiary/aromatic N) is 1. The molecule has 0 heterocycles. The third-order valence-corrected chi connectivity index (χ3v) is 11.2. The Labute approximate surface area is 346 Å². The summed E-state index contributed by atoms with van der Waals surface area (Å²) < 4.78 is 0. The van der Waals surface area contributed by atoms with E-state index in [1.165, 1.54) is 60.1 Å². The van der Waals surface area contributed by atoms with E-state index in [9.17, 15) is 0 Å². The van der Waals surface area contributed by atoms with Crippen molar-refractivity contribution in [3.05, 3.63) is 247 Å². The fourth-order valence-corrected chi connectivity index (χ4v) is 8.34. The van der Waals surface area contributed by atoms with Gasteiger partial charge in [0.1, 0.15) is 0 Å². The molecule has 1 heteroatoms. The van der Waals surface area contributed by atoms with E-state index in [1.54, 1.807) is 0 Å². The Bertz CT molecular complexity index is 3060. The molecule has 0 saturated heterocycles. The Hall–Kier alpha value is -7.74. The van der Waals surface area contributed by atoms with Gasteiger partial charge in [-0.25, -0.2) is 0 Å². The second-order valence-corrected chi connectivity index (χ2v) is 15.0. The van der Waals surface area contributed by atoms with Crippen LogP contribution < -0.4 is 4.90 Å². The minimum atomic E-state index is 1.11. The van der Waals surface area contributed by atoms with Crippen LogP contribution in [0.3, 0.4) is 0 Å². The highest BCUT2D eigenvalue weighted by Crippen LogP contribution is 2.44. The Morgan fingerprint density at radius 1 is 0.254 bits per heavy atom. The molecular weight excluding hydrogens is 711 g/mol. The zero-order valence-corrected chi connectivity index (χ0v) is 32.6. The van der Waals surface area contributed by atoms with Crippen molar-refractivity contribution in [2.24, 2.45) is 0 Å². The number of rotatable bonds is 9. The first-order valence-electron chi connectivity index (χ1n) is 20.2. The molecule has 0 fully saturated rings. The van der Waals surface area contributed by atoms with Crippen molar-refractivity contribution < 1.29 is 0 Å². The standard InChI is InChI=1S/C58H41N/c1-3-14-42(15-4-1)26-27-43-30-36-51(37-31-43)59(50-20-5-2-6-21-50)52-38-32-44(33-39-52)28-29-45-16-13-19-48(40-45)57-53-22-9-11-24-55(53)58(56-25-12-10-23-54(56)57)49-35-34-46-17-7-8-18-47(46)41-49/h1-41H/b27-26+,29-28+. The zero-order chi connectivity index (χ0) is 39.4. The first-order chi connectivity index (χ1) is 29.2. The largest absolute Gasteiger partial charge is 0.311 e. The first-order valence-corrected chi connectivity index (χ1v) is 20.2. The van der Waals surface area contributed by atoms with Gasteiger partial charge in [-0.2, -0.15) is 0 Å². The maximum Gasteiger partial charge on any atom is 0.0462 e. The van der Waals surface area contributed by atoms with Gasteiger partial charge in [0, 0.05) is 17.1 Å². The van der Waals surface area contributed by atoms with E-state index in [2.05, 4.69) is 248 Å². The highest BCUT2D eigenvalue weighted by atomic mass is 15.1. The fraction of sp³-hybridized carbons (Fsp3) is 0. The summed E-state index contributed by atoms with van der Waals surface area (Å²) in [5.41, 5.74) is 13.0. The van der Waals surface area contributed by atoms with Gasteiger partial charge in [0.25, 0.3) is 0 Å². The van der Waals surface area contributed by atoms with E-state index in [0.717, 1.165) is 33.8 Å². The van der Waals surface area contributed by atoms with Gasteiger partial charge in [-0.15, -0.1) is 0 Å². The van der Waals surface area contributed by atoms with Gasteiger partial charge in [0.05, 0.1) is 0 Å². The summed E-state index contributed by atoms with van der Waals surface area (Å²) in [7, 11) is 0. The second kappa shape index (κ2) is 16.0. The Morgan fingerprint density at radius 3 is 1.22 bits per heavy atom. The molecule has 0 aliphatic carbocycles. The summed E-state index contributed by atoms with van der Waals surface area (Å²) in [6.45, 7) is 0. The molecule has 0 saturated carbocycles. The highest BCUT2D eigenvalue weighted by molar-refractivity contribution is 6.21. The summed E-state index contributed by atoms with van der Waals surface area (Å²) in [4.78, 5) is 2.31. The quantitative estimate of drug-likeness (QED) is 0.105. The number of hydrogen-bond donors (Lipinski definition) is 0. The molecule has 278 valence electrons. The minimum absolute atomic E-state index is 1.11. The summed E-state index contributed by atoms with van der Waals surface area (Å²) in [6, 6.07) is 80.8. The lowest BCUT2D eigenvalue weighted by Crippen LogP contribution is -2.09. The maximum absolute atomic E-state index is 2.34. The van der Waals surface area contributed by atoms with E-state index in [-0.39, 0.29) is 0 Å². The molecule has 10 aromatic rings. The maximum atomic E-state index is 2.34. The molecule has 59 heavy (non-hydrogen) atoms. The predicted octanol–water partition coefficient (Wildman–Crippen LogP) is 16.3. The SMILES string of the molecule is C(=C\c1ccc(N(c2ccccc2)c2ccc(/C=C/c3cccc(-c4c5ccccc5c(-c5ccc6ccccc6c5)c5ccccc45)c3)cc2)cc1)/c1ccccc1. The Morgan fingerprint density at radius 2 is 0.661 bits per heavy atom. The summed E-state index contributed by atoms with van der Waals surface area (Å²) in [5, 5.41) is 7.55. The van der Waals surface area contributed by atoms with Crippen LogP contribution in [0, 0.1) is 0 Å². The van der Waals surface area contributed by atoms with Gasteiger partial charge in [-0.05, 0) is 125 Å². The van der Waals surface area contributed by atoms with Crippen molar-refractivity contribution in [3.8, 4) is 22.3 Å². The van der Waals surface area contributed by atoms with Gasteiger partial charge in [-0.3, -0.25) is 0 Å². The molecule has 0 aliphatic rings. The van der Waals surface area contributed by atoms with E-state index in [1.807, 2.05) is 6.07 Å². The lowest BCUT2D eigenvalue weighted by atomic mass is 9.85. The molecular formula is C58H41N. The molecule has 10 rings (SSSR count). The van der Waals surface area contributed by atoms with Crippen LogP contribution in [0.5, 0.6) is 0 Å². The van der Waals surface area contributed by atoms with Gasteiger partial charge in [0.15, 0.2) is 0 Å². The van der Waals surface area contributed by atoms with Crippen molar-refractivity contribution in [1.29, 1.82) is 0 Å². The van der Waals surface area contributed by atoms with E-state index in [4.69, 9.17) is 0 Å². The molecule has 0 unspecified atom stereocenters. The third-order valence-electron chi connectivity index (χ3n) is 11.2. The van der Waals surface area contributed by atoms with E-state index < -0.39 is 0 Å². The number of fused-ring (bicyclic) bond motifs is 3. The average molecular weight is 752 g/mol. The molecule has 0 aliphatic heterocycles. The number of anilines is 3. The van der Waals surface area contributed by atoms with E-state index >= 15 is 0 Å². The van der Waals surface area contributed by atoms with Gasteiger partial charge >= 0.3 is 0 Å². The van der Waals surface area contributed by atoms with E-state index in [0.29, 0.717) is 0 Å². The lowest BCUT2D eigenvalue weighted by Gasteiger charge is -2.25. The zero-order valence-electron chi connectivity index (χ0n) is 32.6. The molecule has 0 N–H and O–H groups in total. The minimum Gasteiger partial charge on any atom is -0.311 e. The first kappa shape index (κ1) is 35.7. The van der Waals surface area contributed by atoms with Crippen molar-refractivity contribution in [2.75, 3.05) is 4.90 Å². The van der Waals surface area contributed by atoms with Crippen molar-refractivity contribution in [2.45, 2.75) is 0 Å². The molecule has 0 amide bonds. The molecule has 0 atom stereocenters. The van der Waals surface area contributed by atoms with Crippen LogP contribution in [0.25, 0.3) is 78.9 Å². The van der Waals surface area contributed by atoms with Crippen LogP contribution in [0.15, 0.2) is 224 Å². The molecule has 0 radical (unpaired) electrons. The predicted molar refractivity (Wildman–Crippen MR) is 255 cm³/mol. The lowest BCUT2D eigenvalue weighted by molar-refractivity contribution is 1.28. The summed E-state index contributed by atoms with van der Waals surface area (Å²) in [6.07, 6.45) is 8.75. The third kappa shape index (κ3) is 7.34. The van der Waals surface area contributed by atoms with Crippen LogP contribution in [0.2, 0.25) is 0 Å². The van der Waals surface area contributed by atoms with Crippen LogP contribution in [0.4, 0.5) is 17.1 Å². The van der Waals surface area contributed by atoms with Crippen molar-refractivity contribution in [1.82, 2.24) is 0 Å². The van der Waals surface area contributed by atoms with Gasteiger partial charge in [0.2, 0.25) is 0 Å². The normalized spacial score (nSPS) is 11.6. The topological polar surface area (TPSA) is 3.24 Å². The van der Waals surface area contributed by atoms with Crippen LogP contribution in [-0.2, 0) is 0 Å². The molecule has 0 spiro atoms. The fourth-order valence-electron chi connectivity index (χ4n) is 8.34. The highest BCUT2D eigenvalue weighted by Gasteiger charge is 2.17. The summed E-state index contributed by atoms with van der Waals surface area (Å²) >= 11 is 0. The van der Waals surface area contributed by atoms with Crippen molar-refractivity contribution in [3.63, 3.8) is 0 Å². The average Bonchev–Trinajstić information content (AvgIpc) is 3.31. The van der Waals surface area contributed by atoms with Gasteiger partial charge < -0.3 is 4.90 Å². The Kier molecular flexibility index (Phi) is 9.68. The molecule has 10 aromatic carbocycles. The van der Waals surface area contributed by atoms with Crippen LogP contribution in [-0.4, -0.2) is 0 Å². The molecule has 0 aromatic heterocycles. The number of benzene rings is 10. The monoisotopic (exact) mass is 751 g/mol. The summed E-state index contributed by atoms with van der Waals surface area (Å²) in [5.74, 6) is 0. The molecule has 1 nitrogen and oxygen atoms in total. The second-order valence-electron chi connectivity index (χ2n) is 15.0.